The average Bonchev–Trinajstić information content (AvgIpc) is 2.56. The number of aliphatic carboxylic acids is 1. The highest BCUT2D eigenvalue weighted by atomic mass is 19.1. The highest BCUT2D eigenvalue weighted by molar-refractivity contribution is 5.87. The molecule has 2 atom stereocenters. The largest absolute Gasteiger partial charge is 0.479 e. The van der Waals surface area contributed by atoms with Gasteiger partial charge >= 0.3 is 5.97 Å². The molecule has 1 fully saturated rings. The first kappa shape index (κ1) is 18.3. The molecule has 1 saturated heterocycles. The Morgan fingerprint density at radius 2 is 2.12 bits per heavy atom. The highest BCUT2D eigenvalue weighted by Gasteiger charge is 2.39. The van der Waals surface area contributed by atoms with Gasteiger partial charge in [-0.3, -0.25) is 4.79 Å². The van der Waals surface area contributed by atoms with Crippen LogP contribution < -0.4 is 5.32 Å². The smallest absolute Gasteiger partial charge is 0.333 e. The molecule has 7 heteroatoms. The van der Waals surface area contributed by atoms with E-state index in [1.807, 2.05) is 0 Å². The van der Waals surface area contributed by atoms with Crippen LogP contribution in [0.25, 0.3) is 0 Å². The van der Waals surface area contributed by atoms with Gasteiger partial charge < -0.3 is 15.2 Å². The van der Waals surface area contributed by atoms with E-state index in [4.69, 9.17) is 4.74 Å². The van der Waals surface area contributed by atoms with Crippen molar-refractivity contribution in [3.63, 3.8) is 0 Å². The number of benzene rings is 1. The van der Waals surface area contributed by atoms with Gasteiger partial charge in [0.1, 0.15) is 11.6 Å². The number of carboxylic acids is 1. The van der Waals surface area contributed by atoms with Crippen molar-refractivity contribution >= 4 is 11.9 Å². The van der Waals surface area contributed by atoms with Crippen molar-refractivity contribution in [2.75, 3.05) is 6.61 Å². The van der Waals surface area contributed by atoms with E-state index in [9.17, 15) is 23.5 Å². The van der Waals surface area contributed by atoms with E-state index in [2.05, 4.69) is 5.32 Å². The summed E-state index contributed by atoms with van der Waals surface area (Å²) in [6.45, 7) is 1.80. The topological polar surface area (TPSA) is 75.6 Å². The lowest BCUT2D eigenvalue weighted by molar-refractivity contribution is -0.147. The fourth-order valence-corrected chi connectivity index (χ4v) is 2.79. The second kappa shape index (κ2) is 7.70. The van der Waals surface area contributed by atoms with Crippen molar-refractivity contribution in [3.8, 4) is 0 Å². The molecule has 0 bridgehead atoms. The zero-order valence-electron chi connectivity index (χ0n) is 13.5. The van der Waals surface area contributed by atoms with Gasteiger partial charge in [0.15, 0.2) is 5.54 Å². The molecule has 0 radical (unpaired) electrons. The third kappa shape index (κ3) is 4.29. The summed E-state index contributed by atoms with van der Waals surface area (Å²) >= 11 is 0. The Morgan fingerprint density at radius 3 is 2.75 bits per heavy atom. The molecule has 2 unspecified atom stereocenters. The van der Waals surface area contributed by atoms with Crippen LogP contribution in [0.15, 0.2) is 18.2 Å². The molecule has 5 nitrogen and oxygen atoms in total. The Morgan fingerprint density at radius 1 is 1.38 bits per heavy atom. The number of hydrogen-bond acceptors (Lipinski definition) is 3. The van der Waals surface area contributed by atoms with Crippen LogP contribution in [0.5, 0.6) is 0 Å². The summed E-state index contributed by atoms with van der Waals surface area (Å²) in [7, 11) is 0. The molecular weight excluding hydrogens is 320 g/mol. The van der Waals surface area contributed by atoms with E-state index in [0.29, 0.717) is 13.0 Å². The third-order valence-corrected chi connectivity index (χ3v) is 4.25. The van der Waals surface area contributed by atoms with Gasteiger partial charge in [0, 0.05) is 18.6 Å². The standard InChI is InChI=1S/C17H21F2NO4/c1-17(16(22)23,13-10-11(18)5-7-14(13)19)20-15(21)8-6-12-4-2-3-9-24-12/h5,7,10,12H,2-4,6,8-9H2,1H3,(H,20,21)(H,22,23). The number of hydrogen-bond donors (Lipinski definition) is 2. The molecule has 0 aromatic heterocycles. The third-order valence-electron chi connectivity index (χ3n) is 4.25. The molecule has 1 aliphatic heterocycles. The van der Waals surface area contributed by atoms with Crippen molar-refractivity contribution < 1.29 is 28.2 Å². The number of carboxylic acid groups (broad SMARTS) is 1. The fourth-order valence-electron chi connectivity index (χ4n) is 2.79. The zero-order valence-corrected chi connectivity index (χ0v) is 13.5. The quantitative estimate of drug-likeness (QED) is 0.834. The highest BCUT2D eigenvalue weighted by Crippen LogP contribution is 2.26. The maximum Gasteiger partial charge on any atom is 0.333 e. The van der Waals surface area contributed by atoms with Crippen molar-refractivity contribution in [2.45, 2.75) is 50.7 Å². The SMILES string of the molecule is CC(NC(=O)CCC1CCCCO1)(C(=O)O)c1cc(F)ccc1F. The minimum Gasteiger partial charge on any atom is -0.479 e. The summed E-state index contributed by atoms with van der Waals surface area (Å²) in [5, 5.41) is 11.8. The monoisotopic (exact) mass is 341 g/mol. The maximum atomic E-state index is 14.0. The number of halogens is 2. The Hall–Kier alpha value is -2.02. The molecule has 0 aliphatic carbocycles. The predicted octanol–water partition coefficient (Wildman–Crippen LogP) is 2.73. The van der Waals surface area contributed by atoms with Crippen LogP contribution in [-0.4, -0.2) is 29.7 Å². The number of rotatable bonds is 6. The van der Waals surface area contributed by atoms with Gasteiger partial charge in [0.2, 0.25) is 5.91 Å². The van der Waals surface area contributed by atoms with Crippen LogP contribution in [-0.2, 0) is 19.9 Å². The summed E-state index contributed by atoms with van der Waals surface area (Å²) in [4.78, 5) is 23.7. The van der Waals surface area contributed by atoms with E-state index < -0.39 is 34.6 Å². The Balaban J connectivity index is 2.08. The molecule has 0 spiro atoms. The zero-order chi connectivity index (χ0) is 17.7. The molecule has 1 amide bonds. The molecule has 1 aromatic carbocycles. The Bertz CT molecular complexity index is 617. The average molecular weight is 341 g/mol. The predicted molar refractivity (Wildman–Crippen MR) is 82.3 cm³/mol. The van der Waals surface area contributed by atoms with Crippen LogP contribution >= 0.6 is 0 Å². The Labute approximate surface area is 139 Å². The molecule has 0 saturated carbocycles. The fraction of sp³-hybridized carbons (Fsp3) is 0.529. The second-order valence-electron chi connectivity index (χ2n) is 6.13. The maximum absolute atomic E-state index is 14.0. The normalized spacial score (nSPS) is 20.2. The van der Waals surface area contributed by atoms with E-state index in [-0.39, 0.29) is 12.5 Å². The molecule has 24 heavy (non-hydrogen) atoms. The number of amides is 1. The van der Waals surface area contributed by atoms with Crippen LogP contribution in [0.1, 0.15) is 44.6 Å². The number of carbonyl (C=O) groups is 2. The summed E-state index contributed by atoms with van der Waals surface area (Å²) < 4.78 is 32.9. The molecule has 1 aliphatic rings. The summed E-state index contributed by atoms with van der Waals surface area (Å²) in [5.74, 6) is -3.67. The van der Waals surface area contributed by atoms with Crippen molar-refractivity contribution in [2.24, 2.45) is 0 Å². The Kier molecular flexibility index (Phi) is 5.88. The van der Waals surface area contributed by atoms with Crippen molar-refractivity contribution in [3.05, 3.63) is 35.4 Å². The van der Waals surface area contributed by atoms with E-state index in [0.717, 1.165) is 44.4 Å². The summed E-state index contributed by atoms with van der Waals surface area (Å²) in [6.07, 6.45) is 3.40. The van der Waals surface area contributed by atoms with Crippen LogP contribution in [0.2, 0.25) is 0 Å². The van der Waals surface area contributed by atoms with Crippen LogP contribution in [0, 0.1) is 11.6 Å². The first-order chi connectivity index (χ1) is 11.3. The van der Waals surface area contributed by atoms with Crippen LogP contribution in [0.3, 0.4) is 0 Å². The number of ether oxygens (including phenoxy) is 1. The molecule has 2 N–H and O–H groups in total. The van der Waals surface area contributed by atoms with Gasteiger partial charge in [-0.05, 0) is 50.8 Å². The summed E-state index contributed by atoms with van der Waals surface area (Å²) in [6, 6.07) is 2.52. The number of nitrogens with one attached hydrogen (secondary N) is 1. The minimum atomic E-state index is -2.04. The second-order valence-corrected chi connectivity index (χ2v) is 6.13. The summed E-state index contributed by atoms with van der Waals surface area (Å²) in [5.41, 5.74) is -2.46. The number of carbonyl (C=O) groups excluding carboxylic acids is 1. The molecule has 1 heterocycles. The molecular formula is C17H21F2NO4. The molecule has 2 rings (SSSR count). The van der Waals surface area contributed by atoms with Gasteiger partial charge in [-0.25, -0.2) is 13.6 Å². The lowest BCUT2D eigenvalue weighted by atomic mass is 9.91. The lowest BCUT2D eigenvalue weighted by Crippen LogP contribution is -2.50. The van der Waals surface area contributed by atoms with Crippen molar-refractivity contribution in [1.29, 1.82) is 0 Å². The minimum absolute atomic E-state index is 0.0218. The van der Waals surface area contributed by atoms with E-state index in [1.54, 1.807) is 0 Å². The van der Waals surface area contributed by atoms with Crippen LogP contribution in [0.4, 0.5) is 8.78 Å². The molecule has 132 valence electrons. The molecule has 1 aromatic rings. The van der Waals surface area contributed by atoms with Gasteiger partial charge in [0.05, 0.1) is 6.10 Å². The van der Waals surface area contributed by atoms with Gasteiger partial charge in [-0.1, -0.05) is 0 Å². The van der Waals surface area contributed by atoms with Crippen molar-refractivity contribution in [1.82, 2.24) is 5.32 Å². The lowest BCUT2D eigenvalue weighted by Gasteiger charge is -2.28. The van der Waals surface area contributed by atoms with Gasteiger partial charge in [-0.15, -0.1) is 0 Å². The first-order valence-corrected chi connectivity index (χ1v) is 7.94. The first-order valence-electron chi connectivity index (χ1n) is 7.94. The van der Waals surface area contributed by atoms with E-state index >= 15 is 0 Å². The van der Waals surface area contributed by atoms with Gasteiger partial charge in [0.25, 0.3) is 0 Å². The van der Waals surface area contributed by atoms with E-state index in [1.165, 1.54) is 0 Å². The van der Waals surface area contributed by atoms with Gasteiger partial charge in [-0.2, -0.15) is 0 Å².